The van der Waals surface area contributed by atoms with Gasteiger partial charge < -0.3 is 9.88 Å². The summed E-state index contributed by atoms with van der Waals surface area (Å²) in [5.74, 6) is -0.286. The zero-order chi connectivity index (χ0) is 14.4. The number of carbonyl (C=O) groups excluding carboxylic acids is 1. The topological polar surface area (TPSA) is 77.0 Å². The Hall–Kier alpha value is -2.87. The average Bonchev–Trinajstić information content (AvgIpc) is 2.48. The third kappa shape index (κ3) is 3.33. The van der Waals surface area contributed by atoms with Crippen LogP contribution in [0.1, 0.15) is 15.9 Å². The molecule has 1 amide bonds. The molecule has 0 radical (unpaired) electrons. The van der Waals surface area contributed by atoms with Crippen LogP contribution in [0.3, 0.4) is 0 Å². The van der Waals surface area contributed by atoms with Crippen LogP contribution < -0.4 is 5.56 Å². The first-order valence-electron chi connectivity index (χ1n) is 6.09. The van der Waals surface area contributed by atoms with E-state index in [-0.39, 0.29) is 18.0 Å². The van der Waals surface area contributed by atoms with Crippen LogP contribution in [0.5, 0.6) is 0 Å². The van der Waals surface area contributed by atoms with Crippen LogP contribution in [0.15, 0.2) is 53.5 Å². The van der Waals surface area contributed by atoms with Gasteiger partial charge in [0.05, 0.1) is 11.6 Å². The lowest BCUT2D eigenvalue weighted by Crippen LogP contribution is -2.31. The number of aromatic amines is 1. The highest BCUT2D eigenvalue weighted by Crippen LogP contribution is 2.08. The number of rotatable bonds is 4. The number of nitriles is 1. The molecular weight excluding hydrogens is 254 g/mol. The Morgan fingerprint density at radius 3 is 2.55 bits per heavy atom. The number of pyridine rings is 1. The number of carbonyl (C=O) groups is 1. The van der Waals surface area contributed by atoms with Crippen molar-refractivity contribution < 1.29 is 4.79 Å². The van der Waals surface area contributed by atoms with Gasteiger partial charge in [0.15, 0.2) is 0 Å². The SMILES string of the molecule is N#CCN(Cc1ccccc1)C(=O)c1ccc(=O)[nH]c1. The maximum Gasteiger partial charge on any atom is 0.256 e. The molecule has 0 aliphatic rings. The zero-order valence-corrected chi connectivity index (χ0v) is 10.7. The van der Waals surface area contributed by atoms with E-state index in [1.54, 1.807) is 0 Å². The van der Waals surface area contributed by atoms with Gasteiger partial charge in [0.2, 0.25) is 5.56 Å². The van der Waals surface area contributed by atoms with Gasteiger partial charge >= 0.3 is 0 Å². The van der Waals surface area contributed by atoms with Gasteiger partial charge in [-0.15, -0.1) is 0 Å². The molecule has 0 saturated carbocycles. The molecule has 1 aromatic heterocycles. The lowest BCUT2D eigenvalue weighted by Gasteiger charge is -2.19. The smallest absolute Gasteiger partial charge is 0.256 e. The number of benzene rings is 1. The second kappa shape index (κ2) is 6.34. The van der Waals surface area contributed by atoms with Gasteiger partial charge in [-0.25, -0.2) is 0 Å². The van der Waals surface area contributed by atoms with E-state index >= 15 is 0 Å². The molecule has 0 fully saturated rings. The monoisotopic (exact) mass is 267 g/mol. The minimum absolute atomic E-state index is 0.00709. The average molecular weight is 267 g/mol. The van der Waals surface area contributed by atoms with Crippen LogP contribution >= 0.6 is 0 Å². The maximum absolute atomic E-state index is 12.3. The number of aromatic nitrogens is 1. The Labute approximate surface area is 116 Å². The van der Waals surface area contributed by atoms with Crippen LogP contribution in [0.4, 0.5) is 0 Å². The van der Waals surface area contributed by atoms with Crippen LogP contribution in [0, 0.1) is 11.3 Å². The molecule has 1 N–H and O–H groups in total. The fraction of sp³-hybridized carbons (Fsp3) is 0.133. The van der Waals surface area contributed by atoms with E-state index in [2.05, 4.69) is 4.98 Å². The first-order valence-corrected chi connectivity index (χ1v) is 6.09. The summed E-state index contributed by atoms with van der Waals surface area (Å²) in [4.78, 5) is 27.2. The van der Waals surface area contributed by atoms with Crippen molar-refractivity contribution in [3.05, 3.63) is 70.1 Å². The summed E-state index contributed by atoms with van der Waals surface area (Å²) in [6.07, 6.45) is 1.36. The van der Waals surface area contributed by atoms with E-state index in [1.165, 1.54) is 23.2 Å². The lowest BCUT2D eigenvalue weighted by molar-refractivity contribution is 0.0764. The van der Waals surface area contributed by atoms with Gasteiger partial charge in [-0.3, -0.25) is 9.59 Å². The van der Waals surface area contributed by atoms with Crippen molar-refractivity contribution in [3.63, 3.8) is 0 Å². The molecule has 0 aliphatic heterocycles. The highest BCUT2D eigenvalue weighted by molar-refractivity contribution is 5.94. The van der Waals surface area contributed by atoms with E-state index in [0.717, 1.165) is 5.56 Å². The molecule has 1 aromatic carbocycles. The maximum atomic E-state index is 12.3. The molecule has 2 aromatic rings. The molecule has 2 rings (SSSR count). The fourth-order valence-electron chi connectivity index (χ4n) is 1.81. The number of nitrogens with zero attached hydrogens (tertiary/aromatic N) is 2. The minimum Gasteiger partial charge on any atom is -0.328 e. The summed E-state index contributed by atoms with van der Waals surface area (Å²) in [5, 5.41) is 8.85. The van der Waals surface area contributed by atoms with Crippen molar-refractivity contribution in [2.75, 3.05) is 6.54 Å². The molecule has 0 spiro atoms. The predicted molar refractivity (Wildman–Crippen MR) is 73.9 cm³/mol. The molecule has 5 nitrogen and oxygen atoms in total. The van der Waals surface area contributed by atoms with Gasteiger partial charge in [-0.05, 0) is 11.6 Å². The molecule has 0 saturated heterocycles. The van der Waals surface area contributed by atoms with Crippen molar-refractivity contribution in [1.82, 2.24) is 9.88 Å². The number of nitrogens with one attached hydrogen (secondary N) is 1. The second-order valence-corrected chi connectivity index (χ2v) is 4.25. The Kier molecular flexibility index (Phi) is 4.30. The Bertz CT molecular complexity index is 666. The van der Waals surface area contributed by atoms with Gasteiger partial charge in [-0.1, -0.05) is 30.3 Å². The first-order chi connectivity index (χ1) is 9.70. The summed E-state index contributed by atoms with van der Waals surface area (Å²) in [5.41, 5.74) is 1.03. The first kappa shape index (κ1) is 13.6. The molecular formula is C15H13N3O2. The molecule has 0 bridgehead atoms. The van der Waals surface area contributed by atoms with Crippen molar-refractivity contribution >= 4 is 5.91 Å². The molecule has 5 heteroatoms. The van der Waals surface area contributed by atoms with Gasteiger partial charge in [0.1, 0.15) is 6.54 Å². The Morgan fingerprint density at radius 1 is 1.20 bits per heavy atom. The zero-order valence-electron chi connectivity index (χ0n) is 10.7. The third-order valence-electron chi connectivity index (χ3n) is 2.80. The normalized spacial score (nSPS) is 9.75. The molecule has 0 atom stereocenters. The number of hydrogen-bond donors (Lipinski definition) is 1. The van der Waals surface area contributed by atoms with E-state index in [1.807, 2.05) is 36.4 Å². The largest absolute Gasteiger partial charge is 0.328 e. The van der Waals surface area contributed by atoms with E-state index in [9.17, 15) is 9.59 Å². The highest BCUT2D eigenvalue weighted by Gasteiger charge is 2.15. The van der Waals surface area contributed by atoms with Crippen LogP contribution in [0.2, 0.25) is 0 Å². The number of hydrogen-bond acceptors (Lipinski definition) is 3. The van der Waals surface area contributed by atoms with Crippen molar-refractivity contribution in [3.8, 4) is 6.07 Å². The molecule has 100 valence electrons. The van der Waals surface area contributed by atoms with E-state index in [4.69, 9.17) is 5.26 Å². The van der Waals surface area contributed by atoms with Crippen LogP contribution in [0.25, 0.3) is 0 Å². The van der Waals surface area contributed by atoms with Gasteiger partial charge in [0.25, 0.3) is 5.91 Å². The van der Waals surface area contributed by atoms with Gasteiger partial charge in [-0.2, -0.15) is 5.26 Å². The van der Waals surface area contributed by atoms with E-state index in [0.29, 0.717) is 12.1 Å². The fourth-order valence-corrected chi connectivity index (χ4v) is 1.81. The predicted octanol–water partition coefficient (Wildman–Crippen LogP) is 1.54. The van der Waals surface area contributed by atoms with Crippen LogP contribution in [-0.2, 0) is 6.54 Å². The standard InChI is InChI=1S/C15H13N3O2/c16-8-9-18(11-12-4-2-1-3-5-12)15(20)13-6-7-14(19)17-10-13/h1-7,10H,9,11H2,(H,17,19). The van der Waals surface area contributed by atoms with Crippen molar-refractivity contribution in [1.29, 1.82) is 5.26 Å². The summed E-state index contributed by atoms with van der Waals surface area (Å²) < 4.78 is 0. The van der Waals surface area contributed by atoms with Crippen LogP contribution in [-0.4, -0.2) is 22.3 Å². The van der Waals surface area contributed by atoms with Crippen molar-refractivity contribution in [2.24, 2.45) is 0 Å². The number of amides is 1. The van der Waals surface area contributed by atoms with Gasteiger partial charge in [0, 0.05) is 18.8 Å². The third-order valence-corrected chi connectivity index (χ3v) is 2.80. The summed E-state index contributed by atoms with van der Waals surface area (Å²) in [6.45, 7) is 0.346. The molecule has 1 heterocycles. The molecule has 20 heavy (non-hydrogen) atoms. The quantitative estimate of drug-likeness (QED) is 0.853. The summed E-state index contributed by atoms with van der Waals surface area (Å²) >= 11 is 0. The number of H-pyrrole nitrogens is 1. The lowest BCUT2D eigenvalue weighted by atomic mass is 10.2. The molecule has 0 aliphatic carbocycles. The van der Waals surface area contributed by atoms with Crippen molar-refractivity contribution in [2.45, 2.75) is 6.54 Å². The van der Waals surface area contributed by atoms with E-state index < -0.39 is 0 Å². The summed E-state index contributed by atoms with van der Waals surface area (Å²) in [7, 11) is 0. The second-order valence-electron chi connectivity index (χ2n) is 4.25. The Balaban J connectivity index is 2.20. The highest BCUT2D eigenvalue weighted by atomic mass is 16.2. The Morgan fingerprint density at radius 2 is 1.95 bits per heavy atom. The summed E-state index contributed by atoms with van der Waals surface area (Å²) in [6, 6.07) is 14.2. The molecule has 0 unspecified atom stereocenters. The minimum atomic E-state index is -0.286.